The Balaban J connectivity index is 0.000000197. The second-order valence-electron chi connectivity index (χ2n) is 6.57. The minimum Gasteiger partial charge on any atom is -0.353 e. The maximum atomic E-state index is 12.0. The molecular weight excluding hydrogens is 374 g/mol. The zero-order chi connectivity index (χ0) is 19.1. The average molecular weight is 402 g/mol. The molecule has 1 aromatic rings. The van der Waals surface area contributed by atoms with Gasteiger partial charge in [-0.3, -0.25) is 9.69 Å². The lowest BCUT2D eigenvalue weighted by Gasteiger charge is -2.34. The summed E-state index contributed by atoms with van der Waals surface area (Å²) in [6.45, 7) is 9.17. The van der Waals surface area contributed by atoms with Crippen molar-refractivity contribution in [1.29, 1.82) is 0 Å². The Morgan fingerprint density at radius 3 is 2.42 bits per heavy atom. The van der Waals surface area contributed by atoms with Gasteiger partial charge in [0.1, 0.15) is 15.2 Å². The minimum atomic E-state index is -1.14. The van der Waals surface area contributed by atoms with Crippen molar-refractivity contribution in [2.24, 2.45) is 11.1 Å². The molecule has 0 aromatic carbocycles. The van der Waals surface area contributed by atoms with Crippen molar-refractivity contribution in [2.45, 2.75) is 24.1 Å². The minimum absolute atomic E-state index is 0.0729. The highest BCUT2D eigenvalue weighted by molar-refractivity contribution is 7.85. The van der Waals surface area contributed by atoms with Crippen LogP contribution in [-0.4, -0.2) is 71.7 Å². The lowest BCUT2D eigenvalue weighted by molar-refractivity contribution is -0.129. The summed E-state index contributed by atoms with van der Waals surface area (Å²) in [7, 11) is 0.866. The highest BCUT2D eigenvalue weighted by Gasteiger charge is 2.29. The summed E-state index contributed by atoms with van der Waals surface area (Å²) in [5.41, 5.74) is 0. The number of nitrogens with one attached hydrogen (secondary N) is 2. The van der Waals surface area contributed by atoms with E-state index in [4.69, 9.17) is 0 Å². The van der Waals surface area contributed by atoms with Gasteiger partial charge in [0, 0.05) is 39.3 Å². The number of carbonyl (C=O) groups excluding carboxylic acids is 1. The van der Waals surface area contributed by atoms with E-state index in [0.717, 1.165) is 39.3 Å². The Hall–Kier alpha value is -1.20. The molecular formula is C16H27N5O3S2. The van der Waals surface area contributed by atoms with Crippen LogP contribution in [0.3, 0.4) is 0 Å². The monoisotopic (exact) mass is 401 g/mol. The van der Waals surface area contributed by atoms with Crippen LogP contribution >= 0.6 is 11.3 Å². The highest BCUT2D eigenvalue weighted by atomic mass is 32.2. The van der Waals surface area contributed by atoms with Crippen molar-refractivity contribution < 1.29 is 9.00 Å². The third-order valence-corrected chi connectivity index (χ3v) is 7.03. The first-order chi connectivity index (χ1) is 12.4. The highest BCUT2D eigenvalue weighted by Crippen LogP contribution is 2.28. The van der Waals surface area contributed by atoms with Gasteiger partial charge in [-0.25, -0.2) is 8.51 Å². The molecule has 8 nitrogen and oxygen atoms in total. The summed E-state index contributed by atoms with van der Waals surface area (Å²) in [6, 6.07) is 3.39. The summed E-state index contributed by atoms with van der Waals surface area (Å²) in [5.74, 6) is 0.578. The van der Waals surface area contributed by atoms with Crippen LogP contribution in [0, 0.1) is 10.8 Å². The van der Waals surface area contributed by atoms with E-state index in [1.54, 1.807) is 12.1 Å². The van der Waals surface area contributed by atoms with Gasteiger partial charge in [0.25, 0.3) is 0 Å². The standard InChI is InChI=1S/C8H11N3O2S2.C8H16N2O/c12-10-7-1-2-8(14-7)15(13)11-5-3-9-4-6-11;1-6(2)7-8(11)9-4-5-10(7)3/h1-2,9H,3-6H2;6-7H,4-5H2,1-3H3,(H,9,11). The summed E-state index contributed by atoms with van der Waals surface area (Å²) in [5, 5.41) is 9.26. The Labute approximate surface area is 160 Å². The van der Waals surface area contributed by atoms with E-state index in [-0.39, 0.29) is 11.9 Å². The maximum Gasteiger partial charge on any atom is 0.237 e. The van der Waals surface area contributed by atoms with E-state index in [1.165, 1.54) is 11.3 Å². The van der Waals surface area contributed by atoms with Crippen molar-refractivity contribution in [3.05, 3.63) is 17.0 Å². The largest absolute Gasteiger partial charge is 0.353 e. The summed E-state index contributed by atoms with van der Waals surface area (Å²) in [4.78, 5) is 23.7. The molecule has 146 valence electrons. The van der Waals surface area contributed by atoms with Crippen LogP contribution in [0.5, 0.6) is 0 Å². The molecule has 0 spiro atoms. The Morgan fingerprint density at radius 1 is 1.23 bits per heavy atom. The maximum absolute atomic E-state index is 12.0. The van der Waals surface area contributed by atoms with Gasteiger partial charge in [-0.1, -0.05) is 13.8 Å². The van der Waals surface area contributed by atoms with E-state index in [0.29, 0.717) is 15.1 Å². The number of nitrogens with zero attached hydrogens (tertiary/aromatic N) is 3. The van der Waals surface area contributed by atoms with Gasteiger partial charge in [0.15, 0.2) is 5.00 Å². The van der Waals surface area contributed by atoms with Crippen LogP contribution < -0.4 is 10.6 Å². The molecule has 2 N–H and O–H groups in total. The third kappa shape index (κ3) is 5.65. The number of carbonyl (C=O) groups is 1. The molecule has 2 saturated heterocycles. The molecule has 3 rings (SSSR count). The molecule has 1 aromatic heterocycles. The molecule has 26 heavy (non-hydrogen) atoms. The van der Waals surface area contributed by atoms with Crippen molar-refractivity contribution in [1.82, 2.24) is 19.8 Å². The Kier molecular flexibility index (Phi) is 8.29. The van der Waals surface area contributed by atoms with Gasteiger partial charge in [0.05, 0.1) is 6.04 Å². The van der Waals surface area contributed by atoms with E-state index >= 15 is 0 Å². The molecule has 0 radical (unpaired) electrons. The third-order valence-electron chi connectivity index (χ3n) is 4.28. The van der Waals surface area contributed by atoms with Crippen LogP contribution in [0.15, 0.2) is 21.5 Å². The fourth-order valence-corrected chi connectivity index (χ4v) is 5.33. The zero-order valence-corrected chi connectivity index (χ0v) is 17.1. The van der Waals surface area contributed by atoms with Crippen molar-refractivity contribution in [2.75, 3.05) is 46.3 Å². The van der Waals surface area contributed by atoms with Crippen LogP contribution in [0.25, 0.3) is 0 Å². The van der Waals surface area contributed by atoms with Crippen molar-refractivity contribution >= 4 is 33.2 Å². The zero-order valence-electron chi connectivity index (χ0n) is 15.4. The number of thiophene rings is 1. The number of hydrogen-bond donors (Lipinski definition) is 2. The fourth-order valence-electron chi connectivity index (χ4n) is 3.00. The average Bonchev–Trinajstić information content (AvgIpc) is 3.11. The molecule has 2 aliphatic heterocycles. The van der Waals surface area contributed by atoms with Crippen LogP contribution in [0.1, 0.15) is 13.8 Å². The molecule has 10 heteroatoms. The van der Waals surface area contributed by atoms with Gasteiger partial charge >= 0.3 is 0 Å². The quantitative estimate of drug-likeness (QED) is 0.738. The second-order valence-corrected chi connectivity index (χ2v) is 9.35. The van der Waals surface area contributed by atoms with E-state index in [2.05, 4.69) is 34.6 Å². The van der Waals surface area contributed by atoms with Crippen LogP contribution in [0.4, 0.5) is 5.00 Å². The molecule has 2 unspecified atom stereocenters. The van der Waals surface area contributed by atoms with Gasteiger partial charge in [0.2, 0.25) is 5.91 Å². The normalized spacial score (nSPS) is 23.1. The topological polar surface area (TPSA) is 94.1 Å². The Morgan fingerprint density at radius 2 is 1.92 bits per heavy atom. The SMILES string of the molecule is CC(C)C1C(=O)NCCN1C.O=Nc1ccc(S(=O)N2CCNCC2)s1. The predicted molar refractivity (Wildman–Crippen MR) is 105 cm³/mol. The van der Waals surface area contributed by atoms with Gasteiger partial charge in [-0.2, -0.15) is 0 Å². The molecule has 1 amide bonds. The number of amides is 1. The molecule has 3 heterocycles. The smallest absolute Gasteiger partial charge is 0.237 e. The number of piperazine rings is 2. The van der Waals surface area contributed by atoms with Gasteiger partial charge in [-0.15, -0.1) is 16.2 Å². The molecule has 0 saturated carbocycles. The van der Waals surface area contributed by atoms with E-state index in [1.807, 2.05) is 11.4 Å². The number of rotatable bonds is 4. The van der Waals surface area contributed by atoms with Crippen LogP contribution in [0.2, 0.25) is 0 Å². The Bertz CT molecular complexity index is 631. The fraction of sp³-hybridized carbons (Fsp3) is 0.688. The lowest BCUT2D eigenvalue weighted by Crippen LogP contribution is -2.55. The molecule has 2 aliphatic rings. The summed E-state index contributed by atoms with van der Waals surface area (Å²) in [6.07, 6.45) is 0. The molecule has 0 aliphatic carbocycles. The predicted octanol–water partition coefficient (Wildman–Crippen LogP) is 1.15. The molecule has 0 bridgehead atoms. The van der Waals surface area contributed by atoms with Crippen LogP contribution in [-0.2, 0) is 15.8 Å². The van der Waals surface area contributed by atoms with Crippen molar-refractivity contribution in [3.63, 3.8) is 0 Å². The van der Waals surface area contributed by atoms with E-state index < -0.39 is 11.0 Å². The first-order valence-corrected chi connectivity index (χ1v) is 10.6. The van der Waals surface area contributed by atoms with Gasteiger partial charge in [-0.05, 0) is 30.3 Å². The summed E-state index contributed by atoms with van der Waals surface area (Å²) >= 11 is 1.19. The number of nitroso groups, excluding NO2 is 1. The summed E-state index contributed by atoms with van der Waals surface area (Å²) < 4.78 is 14.6. The second kappa shape index (κ2) is 10.2. The first kappa shape index (κ1) is 21.1. The molecule has 2 atom stereocenters. The molecule has 2 fully saturated rings. The van der Waals surface area contributed by atoms with Crippen molar-refractivity contribution in [3.8, 4) is 0 Å². The lowest BCUT2D eigenvalue weighted by atomic mass is 10.0. The van der Waals surface area contributed by atoms with Gasteiger partial charge < -0.3 is 10.6 Å². The van der Waals surface area contributed by atoms with E-state index in [9.17, 15) is 13.9 Å². The number of likely N-dealkylation sites (N-methyl/N-ethyl adjacent to an activating group) is 1. The first-order valence-electron chi connectivity index (χ1n) is 8.72. The number of hydrogen-bond acceptors (Lipinski definition) is 7.